The van der Waals surface area contributed by atoms with Crippen LogP contribution in [0.15, 0.2) is 53.8 Å². The summed E-state index contributed by atoms with van der Waals surface area (Å²) in [7, 11) is 0. The Morgan fingerprint density at radius 3 is 2.59 bits per heavy atom. The first-order valence-electron chi connectivity index (χ1n) is 8.83. The van der Waals surface area contributed by atoms with Crippen LogP contribution < -0.4 is 11.2 Å². The van der Waals surface area contributed by atoms with Gasteiger partial charge in [-0.15, -0.1) is 0 Å². The van der Waals surface area contributed by atoms with Crippen molar-refractivity contribution in [2.75, 3.05) is 0 Å². The van der Waals surface area contributed by atoms with Gasteiger partial charge in [0.1, 0.15) is 0 Å². The third kappa shape index (κ3) is 7.27. The number of unbranched alkanes of at least 4 members (excludes halogenated alkanes) is 1. The van der Waals surface area contributed by atoms with Crippen LogP contribution in [0.3, 0.4) is 0 Å². The lowest BCUT2D eigenvalue weighted by atomic mass is 10.0. The van der Waals surface area contributed by atoms with E-state index in [4.69, 9.17) is 10.9 Å². The largest absolute Gasteiger partial charge is 0.481 e. The number of amides is 1. The summed E-state index contributed by atoms with van der Waals surface area (Å²) in [5.41, 5.74) is 2.68. The Bertz CT molecular complexity index is 761. The number of carboxylic acids is 1. The van der Waals surface area contributed by atoms with Crippen LogP contribution in [0, 0.1) is 0 Å². The lowest BCUT2D eigenvalue weighted by molar-refractivity contribution is -0.137. The predicted octanol–water partition coefficient (Wildman–Crippen LogP) is 2.42. The number of aliphatic carboxylic acids is 1. The van der Waals surface area contributed by atoms with Gasteiger partial charge in [0, 0.05) is 12.6 Å². The standard InChI is InChI=1S/C20H24N4O3/c21-23-14-16-10-8-15(9-11-16)5-1-2-7-19(25)24-18(13-20(26)27)17-6-3-4-12-22-17/h3-4,6,8-12,14,18H,1-2,5,7,13,21H2,(H,24,25)(H,26,27). The number of carboxylic acid groups (broad SMARTS) is 1. The molecule has 7 nitrogen and oxygen atoms in total. The first-order valence-corrected chi connectivity index (χ1v) is 8.83. The van der Waals surface area contributed by atoms with E-state index in [1.54, 1.807) is 30.6 Å². The number of hydrogen-bond donors (Lipinski definition) is 3. The number of nitrogens with two attached hydrogens (primary N) is 1. The zero-order valence-electron chi connectivity index (χ0n) is 15.0. The van der Waals surface area contributed by atoms with Crippen molar-refractivity contribution in [3.63, 3.8) is 0 Å². The molecular weight excluding hydrogens is 344 g/mol. The third-order valence-corrected chi connectivity index (χ3v) is 4.08. The van der Waals surface area contributed by atoms with Crippen LogP contribution in [0.2, 0.25) is 0 Å². The Morgan fingerprint density at radius 1 is 1.19 bits per heavy atom. The molecule has 1 atom stereocenters. The fourth-order valence-electron chi connectivity index (χ4n) is 2.72. The van der Waals surface area contributed by atoms with Gasteiger partial charge < -0.3 is 16.3 Å². The maximum Gasteiger partial charge on any atom is 0.305 e. The van der Waals surface area contributed by atoms with Gasteiger partial charge in [-0.05, 0) is 42.5 Å². The van der Waals surface area contributed by atoms with E-state index in [9.17, 15) is 9.59 Å². The van der Waals surface area contributed by atoms with Crippen molar-refractivity contribution in [3.8, 4) is 0 Å². The number of aromatic nitrogens is 1. The van der Waals surface area contributed by atoms with E-state index in [1.807, 2.05) is 24.3 Å². The van der Waals surface area contributed by atoms with Crippen LogP contribution in [0.1, 0.15) is 48.5 Å². The number of carbonyl (C=O) groups is 2. The molecule has 0 radical (unpaired) electrons. The van der Waals surface area contributed by atoms with Crippen molar-refractivity contribution < 1.29 is 14.7 Å². The number of hydrazone groups is 1. The van der Waals surface area contributed by atoms with Crippen molar-refractivity contribution in [1.82, 2.24) is 10.3 Å². The summed E-state index contributed by atoms with van der Waals surface area (Å²) in [6.07, 6.45) is 5.78. The third-order valence-electron chi connectivity index (χ3n) is 4.08. The molecule has 0 saturated heterocycles. The number of rotatable bonds is 10. The summed E-state index contributed by atoms with van der Waals surface area (Å²) in [4.78, 5) is 27.4. The number of pyridine rings is 1. The first kappa shape index (κ1) is 20.1. The highest BCUT2D eigenvalue weighted by Gasteiger charge is 2.18. The Kier molecular flexibility index (Phi) is 7.96. The average Bonchev–Trinajstić information content (AvgIpc) is 2.66. The second kappa shape index (κ2) is 10.7. The highest BCUT2D eigenvalue weighted by atomic mass is 16.4. The average molecular weight is 368 g/mol. The highest BCUT2D eigenvalue weighted by molar-refractivity contribution is 5.79. The molecule has 27 heavy (non-hydrogen) atoms. The molecular formula is C20H24N4O3. The molecule has 0 saturated carbocycles. The van der Waals surface area contributed by atoms with Crippen molar-refractivity contribution in [1.29, 1.82) is 0 Å². The summed E-state index contributed by atoms with van der Waals surface area (Å²) in [6, 6.07) is 12.5. The molecule has 1 aromatic carbocycles. The Morgan fingerprint density at radius 2 is 1.96 bits per heavy atom. The zero-order chi connectivity index (χ0) is 19.5. The van der Waals surface area contributed by atoms with E-state index in [-0.39, 0.29) is 12.3 Å². The van der Waals surface area contributed by atoms with Crippen molar-refractivity contribution >= 4 is 18.1 Å². The van der Waals surface area contributed by atoms with Gasteiger partial charge in [0.15, 0.2) is 0 Å². The molecule has 1 aromatic heterocycles. The Balaban J connectivity index is 1.77. The van der Waals surface area contributed by atoms with Gasteiger partial charge in [-0.25, -0.2) is 0 Å². The molecule has 0 bridgehead atoms. The summed E-state index contributed by atoms with van der Waals surface area (Å²) in [5, 5.41) is 15.3. The van der Waals surface area contributed by atoms with Gasteiger partial charge in [0.25, 0.3) is 0 Å². The second-order valence-corrected chi connectivity index (χ2v) is 6.20. The SMILES string of the molecule is NN=Cc1ccc(CCCCC(=O)NC(CC(=O)O)c2ccccn2)cc1. The maximum atomic E-state index is 12.2. The Hall–Kier alpha value is -3.22. The zero-order valence-corrected chi connectivity index (χ0v) is 15.0. The molecule has 0 aliphatic rings. The van der Waals surface area contributed by atoms with Gasteiger partial charge >= 0.3 is 5.97 Å². The number of aryl methyl sites for hydroxylation is 1. The molecule has 1 unspecified atom stereocenters. The van der Waals surface area contributed by atoms with Crippen molar-refractivity contribution in [2.24, 2.45) is 10.9 Å². The van der Waals surface area contributed by atoms with Crippen LogP contribution >= 0.6 is 0 Å². The van der Waals surface area contributed by atoms with Gasteiger partial charge in [0.2, 0.25) is 5.91 Å². The van der Waals surface area contributed by atoms with E-state index in [1.165, 1.54) is 5.56 Å². The van der Waals surface area contributed by atoms with Crippen LogP contribution in [0.5, 0.6) is 0 Å². The topological polar surface area (TPSA) is 118 Å². The minimum atomic E-state index is -0.978. The van der Waals surface area contributed by atoms with Crippen LogP contribution in [0.4, 0.5) is 0 Å². The minimum absolute atomic E-state index is 0.165. The fraction of sp³-hybridized carbons (Fsp3) is 0.300. The summed E-state index contributed by atoms with van der Waals surface area (Å²) in [6.45, 7) is 0. The molecule has 0 spiro atoms. The first-order chi connectivity index (χ1) is 13.1. The fourth-order valence-corrected chi connectivity index (χ4v) is 2.72. The predicted molar refractivity (Wildman–Crippen MR) is 103 cm³/mol. The normalized spacial score (nSPS) is 12.0. The maximum absolute atomic E-state index is 12.2. The van der Waals surface area contributed by atoms with Gasteiger partial charge in [-0.1, -0.05) is 30.3 Å². The lowest BCUT2D eigenvalue weighted by Gasteiger charge is -2.16. The van der Waals surface area contributed by atoms with E-state index in [0.29, 0.717) is 12.1 Å². The van der Waals surface area contributed by atoms with E-state index < -0.39 is 12.0 Å². The van der Waals surface area contributed by atoms with Crippen LogP contribution in [0.25, 0.3) is 0 Å². The van der Waals surface area contributed by atoms with Gasteiger partial charge in [-0.3, -0.25) is 14.6 Å². The highest BCUT2D eigenvalue weighted by Crippen LogP contribution is 2.15. The molecule has 1 amide bonds. The lowest BCUT2D eigenvalue weighted by Crippen LogP contribution is -2.30. The molecule has 4 N–H and O–H groups in total. The van der Waals surface area contributed by atoms with Crippen molar-refractivity contribution in [2.45, 2.75) is 38.1 Å². The summed E-state index contributed by atoms with van der Waals surface area (Å²) < 4.78 is 0. The van der Waals surface area contributed by atoms with Gasteiger partial charge in [0.05, 0.1) is 24.4 Å². The smallest absolute Gasteiger partial charge is 0.305 e. The molecule has 2 rings (SSSR count). The second-order valence-electron chi connectivity index (χ2n) is 6.20. The number of benzene rings is 1. The Labute approximate surface area is 158 Å². The van der Waals surface area contributed by atoms with Crippen molar-refractivity contribution in [3.05, 3.63) is 65.5 Å². The van der Waals surface area contributed by atoms with E-state index >= 15 is 0 Å². The van der Waals surface area contributed by atoms with Gasteiger partial charge in [-0.2, -0.15) is 5.10 Å². The van der Waals surface area contributed by atoms with Crippen LogP contribution in [-0.4, -0.2) is 28.2 Å². The summed E-state index contributed by atoms with van der Waals surface area (Å²) >= 11 is 0. The number of nitrogens with one attached hydrogen (secondary N) is 1. The molecule has 0 aliphatic heterocycles. The molecule has 142 valence electrons. The monoisotopic (exact) mass is 368 g/mol. The number of hydrogen-bond acceptors (Lipinski definition) is 5. The number of carbonyl (C=O) groups excluding carboxylic acids is 1. The number of nitrogens with zero attached hydrogens (tertiary/aromatic N) is 2. The molecule has 7 heteroatoms. The quantitative estimate of drug-likeness (QED) is 0.258. The molecule has 1 heterocycles. The van der Waals surface area contributed by atoms with E-state index in [2.05, 4.69) is 15.4 Å². The van der Waals surface area contributed by atoms with Crippen LogP contribution in [-0.2, 0) is 16.0 Å². The molecule has 0 aliphatic carbocycles. The summed E-state index contributed by atoms with van der Waals surface area (Å²) in [5.74, 6) is 3.98. The van der Waals surface area contributed by atoms with E-state index in [0.717, 1.165) is 24.8 Å². The molecule has 0 fully saturated rings. The molecule has 2 aromatic rings. The minimum Gasteiger partial charge on any atom is -0.481 e.